The summed E-state index contributed by atoms with van der Waals surface area (Å²) in [6.07, 6.45) is 0.265. The van der Waals surface area contributed by atoms with Crippen molar-refractivity contribution in [2.45, 2.75) is 24.5 Å². The minimum Gasteiger partial charge on any atom is -0.388 e. The van der Waals surface area contributed by atoms with Crippen molar-refractivity contribution in [2.75, 3.05) is 38.2 Å². The zero-order valence-electron chi connectivity index (χ0n) is 13.5. The van der Waals surface area contributed by atoms with Crippen LogP contribution in [0.25, 0.3) is 11.2 Å². The molecule has 2 aromatic rings. The minimum absolute atomic E-state index is 0.266. The number of aromatic nitrogens is 4. The van der Waals surface area contributed by atoms with Crippen LogP contribution in [0.2, 0.25) is 0 Å². The fourth-order valence-electron chi connectivity index (χ4n) is 3.12. The van der Waals surface area contributed by atoms with Crippen LogP contribution in [-0.2, 0) is 9.47 Å². The number of ether oxygens (including phenoxy) is 2. The molecule has 11 heteroatoms. The summed E-state index contributed by atoms with van der Waals surface area (Å²) < 4.78 is 15.2. The molecule has 0 saturated carbocycles. The number of aliphatic hydroxyl groups excluding tert-OH is 2. The molecule has 0 amide bonds. The molecule has 0 aromatic carbocycles. The molecule has 10 nitrogen and oxygen atoms in total. The molecule has 0 radical (unpaired) electrons. The topological polar surface area (TPSA) is 132 Å². The van der Waals surface area contributed by atoms with Crippen molar-refractivity contribution in [2.24, 2.45) is 0 Å². The van der Waals surface area contributed by atoms with Crippen LogP contribution in [0.15, 0.2) is 12.7 Å². The normalized spacial score (nSPS) is 31.4. The van der Waals surface area contributed by atoms with E-state index in [0.717, 1.165) is 26.3 Å². The molecule has 2 aliphatic rings. The summed E-state index contributed by atoms with van der Waals surface area (Å²) in [6, 6.07) is 0. The molecule has 2 fully saturated rings. The largest absolute Gasteiger partial charge is 0.388 e. The first-order valence-corrected chi connectivity index (χ1v) is 9.31. The van der Waals surface area contributed by atoms with Gasteiger partial charge in [0.05, 0.1) is 25.6 Å². The smallest absolute Gasteiger partial charge is 0.167 e. The third kappa shape index (κ3) is 3.21. The number of morpholine rings is 1. The molecule has 4 heterocycles. The maximum absolute atomic E-state index is 10.4. The van der Waals surface area contributed by atoms with Crippen LogP contribution in [0.1, 0.15) is 6.23 Å². The highest BCUT2D eigenvalue weighted by molar-refractivity contribution is 7.35. The molecule has 4 rings (SSSR count). The van der Waals surface area contributed by atoms with Gasteiger partial charge in [-0.25, -0.2) is 15.0 Å². The summed E-state index contributed by atoms with van der Waals surface area (Å²) in [6.45, 7) is 3.23. The fourth-order valence-corrected chi connectivity index (χ4v) is 4.40. The number of imidazole rings is 1. The second-order valence-corrected chi connectivity index (χ2v) is 7.45. The Bertz CT molecular complexity index is 739. The van der Waals surface area contributed by atoms with Crippen LogP contribution in [0.4, 0.5) is 5.82 Å². The summed E-state index contributed by atoms with van der Waals surface area (Å²) in [4.78, 5) is 12.3. The van der Waals surface area contributed by atoms with E-state index in [0.29, 0.717) is 26.1 Å². The van der Waals surface area contributed by atoms with Gasteiger partial charge in [-0.15, -0.1) is 0 Å². The summed E-state index contributed by atoms with van der Waals surface area (Å²) in [5.41, 5.74) is 6.72. The van der Waals surface area contributed by atoms with Crippen molar-refractivity contribution < 1.29 is 19.7 Å². The van der Waals surface area contributed by atoms with Gasteiger partial charge >= 0.3 is 0 Å². The standard InChI is InChI=1S/C14H21N6O4P/c15-12-9-13(17-6-16-12)20(7-18-9)14-11(22)10(21)8(24-14)5-25-19-1-3-23-4-2-19/h6-8,10-11,14,21-22,25H,1-5H2,(H2,15,16,17)/t8-,10?,11?,14-/m1/s1. The average Bonchev–Trinajstić information content (AvgIpc) is 3.18. The lowest BCUT2D eigenvalue weighted by Crippen LogP contribution is -2.35. The number of rotatable bonds is 4. The maximum Gasteiger partial charge on any atom is 0.167 e. The summed E-state index contributed by atoms with van der Waals surface area (Å²) >= 11 is 0. The van der Waals surface area contributed by atoms with Gasteiger partial charge < -0.3 is 25.4 Å². The second kappa shape index (κ2) is 7.06. The van der Waals surface area contributed by atoms with Gasteiger partial charge in [0, 0.05) is 19.3 Å². The van der Waals surface area contributed by atoms with Crippen molar-refractivity contribution in [1.82, 2.24) is 24.2 Å². The Hall–Kier alpha value is -1.42. The predicted octanol–water partition coefficient (Wildman–Crippen LogP) is -1.05. The summed E-state index contributed by atoms with van der Waals surface area (Å²) in [5.74, 6) is 0.266. The third-order valence-electron chi connectivity index (χ3n) is 4.53. The number of nitrogen functional groups attached to an aromatic ring is 1. The van der Waals surface area contributed by atoms with Gasteiger partial charge in [-0.3, -0.25) is 9.24 Å². The van der Waals surface area contributed by atoms with Gasteiger partial charge in [0.25, 0.3) is 0 Å². The average molecular weight is 368 g/mol. The predicted molar refractivity (Wildman–Crippen MR) is 91.2 cm³/mol. The van der Waals surface area contributed by atoms with Crippen LogP contribution >= 0.6 is 8.73 Å². The van der Waals surface area contributed by atoms with Crippen molar-refractivity contribution in [3.63, 3.8) is 0 Å². The van der Waals surface area contributed by atoms with Crippen molar-refractivity contribution in [1.29, 1.82) is 0 Å². The molecule has 0 bridgehead atoms. The van der Waals surface area contributed by atoms with Crippen LogP contribution in [0.5, 0.6) is 0 Å². The van der Waals surface area contributed by atoms with E-state index in [1.54, 1.807) is 4.57 Å². The Morgan fingerprint density at radius 3 is 2.80 bits per heavy atom. The van der Waals surface area contributed by atoms with Gasteiger partial charge in [-0.1, -0.05) is 0 Å². The van der Waals surface area contributed by atoms with Crippen LogP contribution in [-0.4, -0.2) is 85.2 Å². The van der Waals surface area contributed by atoms with Crippen molar-refractivity contribution >= 4 is 25.7 Å². The second-order valence-electron chi connectivity index (χ2n) is 6.09. The quantitative estimate of drug-likeness (QED) is 0.579. The lowest BCUT2D eigenvalue weighted by molar-refractivity contribution is -0.0292. The molecule has 2 saturated heterocycles. The van der Waals surface area contributed by atoms with Gasteiger partial charge in [-0.05, 0) is 8.73 Å². The number of aliphatic hydroxyl groups is 2. The maximum atomic E-state index is 10.4. The Morgan fingerprint density at radius 1 is 1.20 bits per heavy atom. The number of hydrogen-bond acceptors (Lipinski definition) is 9. The first-order valence-electron chi connectivity index (χ1n) is 8.16. The van der Waals surface area contributed by atoms with E-state index in [-0.39, 0.29) is 5.82 Å². The molecule has 0 aliphatic carbocycles. The van der Waals surface area contributed by atoms with Gasteiger partial charge in [0.15, 0.2) is 17.7 Å². The molecule has 4 N–H and O–H groups in total. The molecular weight excluding hydrogens is 347 g/mol. The Kier molecular flexibility index (Phi) is 4.81. The Balaban J connectivity index is 1.48. The van der Waals surface area contributed by atoms with Gasteiger partial charge in [0.1, 0.15) is 24.1 Å². The minimum atomic E-state index is -1.06. The van der Waals surface area contributed by atoms with Crippen LogP contribution < -0.4 is 5.73 Å². The zero-order valence-corrected chi connectivity index (χ0v) is 14.5. The highest BCUT2D eigenvalue weighted by atomic mass is 31.1. The van der Waals surface area contributed by atoms with E-state index in [1.165, 1.54) is 12.7 Å². The molecule has 2 aliphatic heterocycles. The van der Waals surface area contributed by atoms with Crippen molar-refractivity contribution in [3.8, 4) is 0 Å². The van der Waals surface area contributed by atoms with Crippen LogP contribution in [0, 0.1) is 0 Å². The number of fused-ring (bicyclic) bond motifs is 1. The monoisotopic (exact) mass is 368 g/mol. The Morgan fingerprint density at radius 2 is 2.00 bits per heavy atom. The number of nitrogens with two attached hydrogens (primary N) is 1. The van der Waals surface area contributed by atoms with E-state index in [9.17, 15) is 10.2 Å². The van der Waals surface area contributed by atoms with Crippen molar-refractivity contribution in [3.05, 3.63) is 12.7 Å². The number of hydrogen-bond donors (Lipinski definition) is 3. The van der Waals surface area contributed by atoms with E-state index in [1.807, 2.05) is 0 Å². The third-order valence-corrected chi connectivity index (χ3v) is 6.00. The lowest BCUT2D eigenvalue weighted by Gasteiger charge is -2.27. The van der Waals surface area contributed by atoms with E-state index in [2.05, 4.69) is 19.6 Å². The fraction of sp³-hybridized carbons (Fsp3) is 0.643. The summed E-state index contributed by atoms with van der Waals surface area (Å²) in [7, 11) is 0.512. The van der Waals surface area contributed by atoms with E-state index < -0.39 is 24.5 Å². The summed E-state index contributed by atoms with van der Waals surface area (Å²) in [5, 5.41) is 20.8. The van der Waals surface area contributed by atoms with Gasteiger partial charge in [0.2, 0.25) is 0 Å². The first-order chi connectivity index (χ1) is 12.1. The molecule has 5 atom stereocenters. The van der Waals surface area contributed by atoms with E-state index in [4.69, 9.17) is 15.2 Å². The molecule has 2 aromatic heterocycles. The first kappa shape index (κ1) is 17.0. The van der Waals surface area contributed by atoms with Gasteiger partial charge in [-0.2, -0.15) is 0 Å². The SMILES string of the molecule is Nc1ncnc2c1ncn2[C@@H]1O[C@H](CPN2CCOCC2)C(O)C1O. The molecular formula is C14H21N6O4P. The molecule has 136 valence electrons. The highest BCUT2D eigenvalue weighted by Gasteiger charge is 2.44. The lowest BCUT2D eigenvalue weighted by atomic mass is 10.1. The number of anilines is 1. The molecule has 3 unspecified atom stereocenters. The zero-order chi connectivity index (χ0) is 17.4. The highest BCUT2D eigenvalue weighted by Crippen LogP contribution is 2.35. The Labute approximate surface area is 145 Å². The molecule has 25 heavy (non-hydrogen) atoms. The van der Waals surface area contributed by atoms with E-state index >= 15 is 0 Å². The van der Waals surface area contributed by atoms with Crippen LogP contribution in [0.3, 0.4) is 0 Å². The number of nitrogens with zero attached hydrogens (tertiary/aromatic N) is 5. The molecule has 0 spiro atoms.